The van der Waals surface area contributed by atoms with Crippen molar-refractivity contribution in [3.8, 4) is 0 Å². The second kappa shape index (κ2) is 13.3. The molecule has 4 nitrogen and oxygen atoms in total. The second-order valence-electron chi connectivity index (χ2n) is 14.2. The highest BCUT2D eigenvalue weighted by Gasteiger charge is 2.59. The fraction of sp³-hybridized carbons (Fsp3) is 0.743. The smallest absolute Gasteiger partial charge is 0.307 e. The maximum atomic E-state index is 10.2. The van der Waals surface area contributed by atoms with Gasteiger partial charge in [-0.1, -0.05) is 95.9 Å². The molecule has 1 unspecified atom stereocenters. The molecule has 1 aromatic carbocycles. The van der Waals surface area contributed by atoms with Gasteiger partial charge in [0, 0.05) is 0 Å². The lowest BCUT2D eigenvalue weighted by atomic mass is 9.47. The van der Waals surface area contributed by atoms with Gasteiger partial charge in [-0.2, -0.15) is 0 Å². The van der Waals surface area contributed by atoms with Crippen LogP contribution in [-0.4, -0.2) is 22.3 Å². The number of carbonyl (C=O) groups is 1. The fourth-order valence-corrected chi connectivity index (χ4v) is 9.44. The first-order valence-corrected chi connectivity index (χ1v) is 15.7. The van der Waals surface area contributed by atoms with Crippen LogP contribution in [0.25, 0.3) is 0 Å². The van der Waals surface area contributed by atoms with Crippen LogP contribution in [0.2, 0.25) is 0 Å². The van der Waals surface area contributed by atoms with E-state index in [1.165, 1.54) is 57.8 Å². The summed E-state index contributed by atoms with van der Waals surface area (Å²) in [5.41, 5.74) is 3.45. The Bertz CT molecular complexity index is 958. The highest BCUT2D eigenvalue weighted by molar-refractivity contribution is 5.70. The number of aliphatic hydroxyl groups is 1. The third kappa shape index (κ3) is 6.99. The van der Waals surface area contributed by atoms with Gasteiger partial charge in [0.1, 0.15) is 0 Å². The van der Waals surface area contributed by atoms with E-state index in [0.717, 1.165) is 53.9 Å². The Balaban J connectivity index is 0.000000324. The van der Waals surface area contributed by atoms with Gasteiger partial charge in [0.05, 0.1) is 12.5 Å². The normalized spacial score (nSPS) is 35.8. The van der Waals surface area contributed by atoms with Gasteiger partial charge in [-0.15, -0.1) is 0 Å². The Morgan fingerprint density at radius 2 is 1.69 bits per heavy atom. The molecule has 0 bridgehead atoms. The van der Waals surface area contributed by atoms with Crippen molar-refractivity contribution in [3.05, 3.63) is 47.5 Å². The fourth-order valence-electron chi connectivity index (χ4n) is 9.44. The average molecular weight is 540 g/mol. The van der Waals surface area contributed by atoms with Crippen LogP contribution in [-0.2, 0) is 11.2 Å². The van der Waals surface area contributed by atoms with Crippen molar-refractivity contribution < 1.29 is 15.0 Å². The number of aliphatic carboxylic acids is 1. The summed E-state index contributed by atoms with van der Waals surface area (Å²) < 4.78 is 0. The van der Waals surface area contributed by atoms with Crippen LogP contribution in [0.3, 0.4) is 0 Å². The number of fused-ring (bicyclic) bond motifs is 5. The largest absolute Gasteiger partial charge is 0.481 e. The first-order chi connectivity index (χ1) is 18.0. The van der Waals surface area contributed by atoms with E-state index in [2.05, 4.69) is 40.7 Å². The molecule has 3 fully saturated rings. The molecule has 0 aliphatic heterocycles. The van der Waals surface area contributed by atoms with Crippen LogP contribution in [0.1, 0.15) is 111 Å². The van der Waals surface area contributed by atoms with Crippen molar-refractivity contribution in [1.29, 1.82) is 0 Å². The monoisotopic (exact) mass is 539 g/mol. The van der Waals surface area contributed by atoms with Gasteiger partial charge in [-0.25, -0.2) is 0 Å². The Morgan fingerprint density at radius 3 is 2.36 bits per heavy atom. The van der Waals surface area contributed by atoms with Gasteiger partial charge in [0.25, 0.3) is 0 Å². The molecule has 0 amide bonds. The van der Waals surface area contributed by atoms with Crippen molar-refractivity contribution >= 4 is 5.97 Å². The van der Waals surface area contributed by atoms with E-state index in [1.54, 1.807) is 17.7 Å². The Kier molecular flexibility index (Phi) is 10.9. The maximum Gasteiger partial charge on any atom is 0.307 e. The summed E-state index contributed by atoms with van der Waals surface area (Å²) in [6.07, 6.45) is 17.3. The molecule has 3 saturated carbocycles. The summed E-state index contributed by atoms with van der Waals surface area (Å²) in [6, 6.07) is 9.13. The molecule has 39 heavy (non-hydrogen) atoms. The summed E-state index contributed by atoms with van der Waals surface area (Å²) in [5, 5.41) is 18.6. The van der Waals surface area contributed by atoms with E-state index >= 15 is 0 Å². The lowest BCUT2D eigenvalue weighted by molar-refractivity contribution is -0.136. The van der Waals surface area contributed by atoms with Crippen molar-refractivity contribution in [3.63, 3.8) is 0 Å². The molecule has 0 radical (unpaired) electrons. The number of carboxylic acids is 1. The lowest BCUT2D eigenvalue weighted by Crippen LogP contribution is -2.50. The minimum atomic E-state index is -0.786. The molecule has 8 atom stereocenters. The van der Waals surface area contributed by atoms with E-state index in [4.69, 9.17) is 5.11 Å². The summed E-state index contributed by atoms with van der Waals surface area (Å²) in [5.74, 6) is 4.67. The Hall–Kier alpha value is -1.65. The van der Waals surface area contributed by atoms with Crippen molar-refractivity contribution in [2.45, 2.75) is 118 Å². The van der Waals surface area contributed by atoms with Gasteiger partial charge >= 0.3 is 5.97 Å². The molecular formula is C35H57NO3. The first-order valence-electron chi connectivity index (χ1n) is 15.7. The molecule has 0 aromatic heterocycles. The van der Waals surface area contributed by atoms with Crippen LogP contribution >= 0.6 is 0 Å². The predicted molar refractivity (Wildman–Crippen MR) is 162 cm³/mol. The number of aliphatic hydroxyl groups excluding tert-OH is 1. The molecule has 4 heteroatoms. The zero-order chi connectivity index (χ0) is 27.5. The first kappa shape index (κ1) is 31.9. The number of rotatable bonds is 7. The molecule has 1 aromatic rings. The molecule has 4 aliphatic carbocycles. The molecule has 0 saturated heterocycles. The summed E-state index contributed by atoms with van der Waals surface area (Å²) in [4.78, 5) is 10.2. The van der Waals surface area contributed by atoms with Crippen LogP contribution in [0.4, 0.5) is 0 Å². The topological polar surface area (TPSA) is 92.5 Å². The lowest BCUT2D eigenvalue weighted by Gasteiger charge is -2.58. The number of carboxylic acid groups (broad SMARTS) is 1. The van der Waals surface area contributed by atoms with Crippen molar-refractivity contribution in [1.82, 2.24) is 6.15 Å². The van der Waals surface area contributed by atoms with Gasteiger partial charge < -0.3 is 16.4 Å². The Morgan fingerprint density at radius 1 is 0.974 bits per heavy atom. The number of allylic oxidation sites excluding steroid dienone is 1. The highest BCUT2D eigenvalue weighted by Crippen LogP contribution is 2.67. The third-order valence-electron chi connectivity index (χ3n) is 11.5. The molecule has 5 rings (SSSR count). The molecule has 0 heterocycles. The van der Waals surface area contributed by atoms with Gasteiger partial charge in [0.2, 0.25) is 0 Å². The van der Waals surface area contributed by atoms with Crippen LogP contribution in [0.5, 0.6) is 0 Å². The molecule has 220 valence electrons. The van der Waals surface area contributed by atoms with Gasteiger partial charge in [0.15, 0.2) is 0 Å². The zero-order valence-corrected chi connectivity index (χ0v) is 25.5. The maximum absolute atomic E-state index is 10.2. The quantitative estimate of drug-likeness (QED) is 0.302. The summed E-state index contributed by atoms with van der Waals surface area (Å²) in [7, 11) is 0. The highest BCUT2D eigenvalue weighted by atomic mass is 16.4. The number of benzene rings is 1. The van der Waals surface area contributed by atoms with E-state index < -0.39 is 5.97 Å². The van der Waals surface area contributed by atoms with E-state index in [0.29, 0.717) is 10.8 Å². The predicted octanol–water partition coefficient (Wildman–Crippen LogP) is 8.86. The summed E-state index contributed by atoms with van der Waals surface area (Å²) >= 11 is 0. The standard InChI is InChI=1S/C27H46O.C8H8O2.H3N/c1-18(2)7-6-8-19(3)23-11-12-24-22-10-9-20-17-21(28)13-15-26(20,4)25(22)14-16-27(23,24)5;9-8(10)6-7-4-2-1-3-5-7;/h9,18-19,21-25,28H,6-8,10-17H2,1-5H3;1-5H,6H2,(H,9,10);1H3/t19?,21-,22-,23+,24-,25-,26-,27+;;/m0../s1. The van der Waals surface area contributed by atoms with Gasteiger partial charge in [-0.05, 0) is 103 Å². The Labute approximate surface area is 238 Å². The van der Waals surface area contributed by atoms with Crippen molar-refractivity contribution in [2.24, 2.45) is 46.3 Å². The minimum Gasteiger partial charge on any atom is -0.481 e. The van der Waals surface area contributed by atoms with Crippen molar-refractivity contribution in [2.75, 3.05) is 0 Å². The average Bonchev–Trinajstić information content (AvgIpc) is 3.22. The van der Waals surface area contributed by atoms with E-state index in [-0.39, 0.29) is 18.7 Å². The van der Waals surface area contributed by atoms with Crippen LogP contribution in [0, 0.1) is 46.3 Å². The SMILES string of the molecule is CC(C)CCCC(C)[C@H]1CC[C@H]2[C@@H]3CC=C4C[C@@H](O)CC[C@]4(C)[C@H]3CC[C@]12C.N.O=C(O)Cc1ccccc1. The minimum absolute atomic E-state index is 0. The van der Waals surface area contributed by atoms with Crippen LogP contribution in [0.15, 0.2) is 42.0 Å². The summed E-state index contributed by atoms with van der Waals surface area (Å²) in [6.45, 7) is 12.6. The van der Waals surface area contributed by atoms with E-state index in [1.807, 2.05) is 18.2 Å². The molecule has 5 N–H and O–H groups in total. The molecule has 4 aliphatic rings. The van der Waals surface area contributed by atoms with Crippen LogP contribution < -0.4 is 6.15 Å². The zero-order valence-electron chi connectivity index (χ0n) is 25.5. The molecule has 0 spiro atoms. The van der Waals surface area contributed by atoms with E-state index in [9.17, 15) is 9.90 Å². The third-order valence-corrected chi connectivity index (χ3v) is 11.5. The van der Waals surface area contributed by atoms with Gasteiger partial charge in [-0.3, -0.25) is 4.79 Å². The number of hydrogen-bond donors (Lipinski definition) is 3. The number of hydrogen-bond acceptors (Lipinski definition) is 3. The second-order valence-corrected chi connectivity index (χ2v) is 14.2. The molecular weight excluding hydrogens is 482 g/mol.